The molecule has 6 heteroatoms. The number of hydrogen-bond donors (Lipinski definition) is 3. The van der Waals surface area contributed by atoms with Crippen LogP contribution >= 0.6 is 0 Å². The number of nitrogens with one attached hydrogen (secondary N) is 3. The van der Waals surface area contributed by atoms with Crippen LogP contribution in [0.1, 0.15) is 49.4 Å². The molecule has 1 aromatic carbocycles. The number of piperidine rings is 1. The van der Waals surface area contributed by atoms with Crippen molar-refractivity contribution in [2.24, 2.45) is 11.8 Å². The third-order valence-corrected chi connectivity index (χ3v) is 5.64. The molecule has 140 valence electrons. The van der Waals surface area contributed by atoms with Gasteiger partial charge >= 0.3 is 0 Å². The van der Waals surface area contributed by atoms with Gasteiger partial charge in [-0.05, 0) is 43.2 Å². The van der Waals surface area contributed by atoms with Crippen LogP contribution in [0.15, 0.2) is 30.3 Å². The van der Waals surface area contributed by atoms with Gasteiger partial charge in [0.05, 0.1) is 6.54 Å². The molecule has 26 heavy (non-hydrogen) atoms. The third-order valence-electron chi connectivity index (χ3n) is 5.64. The monoisotopic (exact) mass is 357 g/mol. The Kier molecular flexibility index (Phi) is 5.91. The molecule has 0 radical (unpaired) electrons. The summed E-state index contributed by atoms with van der Waals surface area (Å²) in [5.74, 6) is 0.654. The summed E-state index contributed by atoms with van der Waals surface area (Å²) in [6.45, 7) is 2.10. The van der Waals surface area contributed by atoms with Gasteiger partial charge in [0, 0.05) is 24.1 Å². The van der Waals surface area contributed by atoms with Crippen LogP contribution in [-0.4, -0.2) is 36.3 Å². The lowest BCUT2D eigenvalue weighted by Crippen LogP contribution is -2.55. The Morgan fingerprint density at radius 3 is 2.69 bits per heavy atom. The van der Waals surface area contributed by atoms with Crippen molar-refractivity contribution in [2.75, 3.05) is 6.54 Å². The number of carbonyl (C=O) groups excluding carboxylic acids is 3. The first-order valence-corrected chi connectivity index (χ1v) is 9.48. The molecule has 3 rings (SSSR count). The molecule has 1 aliphatic carbocycles. The zero-order valence-electron chi connectivity index (χ0n) is 15.2. The summed E-state index contributed by atoms with van der Waals surface area (Å²) >= 11 is 0. The van der Waals surface area contributed by atoms with Gasteiger partial charge in [-0.2, -0.15) is 0 Å². The largest absolute Gasteiger partial charge is 0.353 e. The van der Waals surface area contributed by atoms with Crippen molar-refractivity contribution in [2.45, 2.75) is 51.1 Å². The predicted octanol–water partition coefficient (Wildman–Crippen LogP) is 1.62. The van der Waals surface area contributed by atoms with Gasteiger partial charge in [-0.15, -0.1) is 0 Å². The molecular formula is C20H27N3O3. The second-order valence-electron chi connectivity index (χ2n) is 7.34. The molecule has 3 N–H and O–H groups in total. The van der Waals surface area contributed by atoms with Crippen LogP contribution in [0.4, 0.5) is 0 Å². The van der Waals surface area contributed by atoms with Crippen LogP contribution in [0, 0.1) is 11.8 Å². The molecule has 0 aromatic heterocycles. The van der Waals surface area contributed by atoms with Crippen LogP contribution in [0.3, 0.4) is 0 Å². The smallest absolute Gasteiger partial charge is 0.251 e. The molecule has 1 heterocycles. The summed E-state index contributed by atoms with van der Waals surface area (Å²) in [5.41, 5.74) is 0.538. The van der Waals surface area contributed by atoms with Crippen molar-refractivity contribution < 1.29 is 14.4 Å². The lowest BCUT2D eigenvalue weighted by molar-refractivity contribution is -0.127. The molecule has 1 saturated carbocycles. The average Bonchev–Trinajstić information content (AvgIpc) is 2.65. The van der Waals surface area contributed by atoms with E-state index in [4.69, 9.17) is 0 Å². The van der Waals surface area contributed by atoms with Crippen molar-refractivity contribution in [1.82, 2.24) is 16.0 Å². The number of benzene rings is 1. The van der Waals surface area contributed by atoms with Gasteiger partial charge in [-0.1, -0.05) is 31.5 Å². The Morgan fingerprint density at radius 2 is 1.96 bits per heavy atom. The average molecular weight is 357 g/mol. The second-order valence-corrected chi connectivity index (χ2v) is 7.34. The van der Waals surface area contributed by atoms with Crippen LogP contribution < -0.4 is 16.0 Å². The fourth-order valence-electron chi connectivity index (χ4n) is 4.29. The highest BCUT2D eigenvalue weighted by Crippen LogP contribution is 2.36. The minimum atomic E-state index is -0.255. The Hall–Kier alpha value is -2.37. The molecule has 0 bridgehead atoms. The van der Waals surface area contributed by atoms with E-state index in [1.165, 1.54) is 0 Å². The Bertz CT molecular complexity index is 662. The SMILES string of the molecule is CCC1CC(=O)NC2CC(NC(=O)CNC(=O)c3ccccc3)CCC12. The Labute approximate surface area is 154 Å². The van der Waals surface area contributed by atoms with Gasteiger partial charge in [-0.3, -0.25) is 14.4 Å². The zero-order chi connectivity index (χ0) is 18.5. The molecule has 4 unspecified atom stereocenters. The summed E-state index contributed by atoms with van der Waals surface area (Å²) in [4.78, 5) is 36.1. The fourth-order valence-corrected chi connectivity index (χ4v) is 4.29. The number of fused-ring (bicyclic) bond motifs is 1. The second kappa shape index (κ2) is 8.34. The van der Waals surface area contributed by atoms with Crippen LogP contribution in [0.5, 0.6) is 0 Å². The lowest BCUT2D eigenvalue weighted by Gasteiger charge is -2.44. The van der Waals surface area contributed by atoms with Crippen molar-refractivity contribution >= 4 is 17.7 Å². The molecule has 4 atom stereocenters. The zero-order valence-corrected chi connectivity index (χ0v) is 15.2. The van der Waals surface area contributed by atoms with E-state index in [1.807, 2.05) is 6.07 Å². The minimum absolute atomic E-state index is 0.0394. The fraction of sp³-hybridized carbons (Fsp3) is 0.550. The highest BCUT2D eigenvalue weighted by Gasteiger charge is 2.40. The third kappa shape index (κ3) is 4.42. The number of carbonyl (C=O) groups is 3. The van der Waals surface area contributed by atoms with E-state index in [0.717, 1.165) is 25.7 Å². The maximum atomic E-state index is 12.2. The highest BCUT2D eigenvalue weighted by molar-refractivity contribution is 5.96. The van der Waals surface area contributed by atoms with Crippen LogP contribution in [0.2, 0.25) is 0 Å². The molecular weight excluding hydrogens is 330 g/mol. The molecule has 2 fully saturated rings. The molecule has 0 spiro atoms. The highest BCUT2D eigenvalue weighted by atomic mass is 16.2. The molecule has 1 aromatic rings. The first kappa shape index (κ1) is 18.4. The molecule has 6 nitrogen and oxygen atoms in total. The first-order chi connectivity index (χ1) is 12.6. The summed E-state index contributed by atoms with van der Waals surface area (Å²) in [7, 11) is 0. The van der Waals surface area contributed by atoms with Crippen molar-refractivity contribution in [3.05, 3.63) is 35.9 Å². The van der Waals surface area contributed by atoms with E-state index in [-0.39, 0.29) is 36.3 Å². The number of rotatable bonds is 5. The van der Waals surface area contributed by atoms with Crippen LogP contribution in [-0.2, 0) is 9.59 Å². The maximum Gasteiger partial charge on any atom is 0.251 e. The van der Waals surface area contributed by atoms with Gasteiger partial charge in [0.1, 0.15) is 0 Å². The van der Waals surface area contributed by atoms with Gasteiger partial charge in [0.2, 0.25) is 11.8 Å². The first-order valence-electron chi connectivity index (χ1n) is 9.48. The van der Waals surface area contributed by atoms with E-state index in [0.29, 0.717) is 23.8 Å². The lowest BCUT2D eigenvalue weighted by atomic mass is 9.70. The van der Waals surface area contributed by atoms with Crippen molar-refractivity contribution in [3.63, 3.8) is 0 Å². The number of amides is 3. The summed E-state index contributed by atoms with van der Waals surface area (Å²) in [6.07, 6.45) is 4.36. The normalized spacial score (nSPS) is 27.8. The maximum absolute atomic E-state index is 12.2. The van der Waals surface area contributed by atoms with E-state index in [1.54, 1.807) is 24.3 Å². The van der Waals surface area contributed by atoms with Gasteiger partial charge in [-0.25, -0.2) is 0 Å². The Morgan fingerprint density at radius 1 is 1.19 bits per heavy atom. The minimum Gasteiger partial charge on any atom is -0.353 e. The van der Waals surface area contributed by atoms with Gasteiger partial charge in [0.15, 0.2) is 0 Å². The van der Waals surface area contributed by atoms with E-state index < -0.39 is 0 Å². The summed E-state index contributed by atoms with van der Waals surface area (Å²) in [5, 5.41) is 8.75. The van der Waals surface area contributed by atoms with E-state index in [9.17, 15) is 14.4 Å². The van der Waals surface area contributed by atoms with Crippen LogP contribution in [0.25, 0.3) is 0 Å². The quantitative estimate of drug-likeness (QED) is 0.748. The Balaban J connectivity index is 1.46. The molecule has 2 aliphatic rings. The number of hydrogen-bond acceptors (Lipinski definition) is 3. The summed E-state index contributed by atoms with van der Waals surface area (Å²) < 4.78 is 0. The molecule has 1 aliphatic heterocycles. The van der Waals surface area contributed by atoms with E-state index >= 15 is 0 Å². The van der Waals surface area contributed by atoms with E-state index in [2.05, 4.69) is 22.9 Å². The van der Waals surface area contributed by atoms with Crippen molar-refractivity contribution in [1.29, 1.82) is 0 Å². The standard InChI is InChI=1S/C20H27N3O3/c1-2-13-10-18(24)23-17-11-15(8-9-16(13)17)22-19(25)12-21-20(26)14-6-4-3-5-7-14/h3-7,13,15-17H,2,8-12H2,1H3,(H,21,26)(H,22,25)(H,23,24). The van der Waals surface area contributed by atoms with Crippen molar-refractivity contribution in [3.8, 4) is 0 Å². The predicted molar refractivity (Wildman–Crippen MR) is 98.4 cm³/mol. The summed E-state index contributed by atoms with van der Waals surface area (Å²) in [6, 6.07) is 9.04. The topological polar surface area (TPSA) is 87.3 Å². The van der Waals surface area contributed by atoms with Gasteiger partial charge in [0.25, 0.3) is 5.91 Å². The van der Waals surface area contributed by atoms with Gasteiger partial charge < -0.3 is 16.0 Å². The molecule has 1 saturated heterocycles. The molecule has 3 amide bonds.